The molecule has 0 rings (SSSR count). The third-order valence-electron chi connectivity index (χ3n) is 2.85. The monoisotopic (exact) mass is 202 g/mol. The predicted octanol–water partition coefficient (Wildman–Crippen LogP) is 1.20. The molecule has 2 amide bonds. The standard InChI is InChI=1S/C10H22N2O2/c1-5-10(6-2,8-13)11-9(14)12(4)7-3/h13H,5-8H2,1-4H3,(H,11,14). The molecule has 2 N–H and O–H groups in total. The zero-order valence-corrected chi connectivity index (χ0v) is 9.63. The number of carbonyl (C=O) groups excluding carboxylic acids is 1. The molecule has 14 heavy (non-hydrogen) atoms. The second kappa shape index (κ2) is 5.86. The largest absolute Gasteiger partial charge is 0.394 e. The van der Waals surface area contributed by atoms with Crippen LogP contribution < -0.4 is 5.32 Å². The van der Waals surface area contributed by atoms with Gasteiger partial charge in [-0.15, -0.1) is 0 Å². The van der Waals surface area contributed by atoms with Gasteiger partial charge in [0.05, 0.1) is 12.1 Å². The minimum absolute atomic E-state index is 0.0106. The van der Waals surface area contributed by atoms with E-state index in [4.69, 9.17) is 0 Å². The summed E-state index contributed by atoms with van der Waals surface area (Å²) in [5, 5.41) is 12.1. The molecule has 0 aromatic carbocycles. The molecule has 0 radical (unpaired) electrons. The highest BCUT2D eigenvalue weighted by atomic mass is 16.3. The van der Waals surface area contributed by atoms with Crippen LogP contribution in [-0.2, 0) is 0 Å². The van der Waals surface area contributed by atoms with E-state index in [1.165, 1.54) is 0 Å². The summed E-state index contributed by atoms with van der Waals surface area (Å²) in [6.07, 6.45) is 1.48. The van der Waals surface area contributed by atoms with E-state index in [-0.39, 0.29) is 12.6 Å². The average molecular weight is 202 g/mol. The molecule has 0 unspecified atom stereocenters. The van der Waals surface area contributed by atoms with Gasteiger partial charge >= 0.3 is 6.03 Å². The van der Waals surface area contributed by atoms with E-state index in [2.05, 4.69) is 5.32 Å². The summed E-state index contributed by atoms with van der Waals surface area (Å²) in [6.45, 7) is 6.50. The highest BCUT2D eigenvalue weighted by Gasteiger charge is 2.27. The molecule has 84 valence electrons. The van der Waals surface area contributed by atoms with Crippen LogP contribution in [0, 0.1) is 0 Å². The number of urea groups is 1. The van der Waals surface area contributed by atoms with Gasteiger partial charge in [-0.2, -0.15) is 0 Å². The summed E-state index contributed by atoms with van der Waals surface area (Å²) in [7, 11) is 1.74. The topological polar surface area (TPSA) is 52.6 Å². The van der Waals surface area contributed by atoms with Gasteiger partial charge in [0.15, 0.2) is 0 Å². The van der Waals surface area contributed by atoms with Crippen molar-refractivity contribution in [3.8, 4) is 0 Å². The summed E-state index contributed by atoms with van der Waals surface area (Å²) in [5.41, 5.74) is -0.458. The lowest BCUT2D eigenvalue weighted by molar-refractivity contribution is 0.140. The number of aliphatic hydroxyl groups excluding tert-OH is 1. The minimum atomic E-state index is -0.458. The van der Waals surface area contributed by atoms with E-state index >= 15 is 0 Å². The Bertz CT molecular complexity index is 171. The molecule has 0 fully saturated rings. The van der Waals surface area contributed by atoms with Crippen LogP contribution in [0.1, 0.15) is 33.6 Å². The Labute approximate surface area is 86.3 Å². The minimum Gasteiger partial charge on any atom is -0.394 e. The average Bonchev–Trinajstić information content (AvgIpc) is 2.24. The van der Waals surface area contributed by atoms with E-state index in [0.717, 1.165) is 12.8 Å². The Balaban J connectivity index is 4.37. The van der Waals surface area contributed by atoms with Gasteiger partial charge in [0.1, 0.15) is 0 Å². The quantitative estimate of drug-likeness (QED) is 0.704. The van der Waals surface area contributed by atoms with Crippen molar-refractivity contribution in [3.63, 3.8) is 0 Å². The molecular formula is C10H22N2O2. The van der Waals surface area contributed by atoms with Gasteiger partial charge in [-0.3, -0.25) is 0 Å². The Morgan fingerprint density at radius 3 is 2.14 bits per heavy atom. The first-order valence-electron chi connectivity index (χ1n) is 5.19. The molecular weight excluding hydrogens is 180 g/mol. The van der Waals surface area contributed by atoms with Gasteiger partial charge < -0.3 is 15.3 Å². The molecule has 0 aromatic heterocycles. The summed E-state index contributed by atoms with van der Waals surface area (Å²) >= 11 is 0. The summed E-state index contributed by atoms with van der Waals surface area (Å²) in [4.78, 5) is 13.2. The lowest BCUT2D eigenvalue weighted by Crippen LogP contribution is -2.54. The molecule has 0 aliphatic heterocycles. The number of amides is 2. The molecule has 0 aliphatic rings. The van der Waals surface area contributed by atoms with Crippen LogP contribution in [0.2, 0.25) is 0 Å². The van der Waals surface area contributed by atoms with Crippen molar-refractivity contribution in [1.82, 2.24) is 10.2 Å². The Morgan fingerprint density at radius 1 is 1.36 bits per heavy atom. The second-order valence-electron chi connectivity index (χ2n) is 3.59. The van der Waals surface area contributed by atoms with Crippen molar-refractivity contribution < 1.29 is 9.90 Å². The number of rotatable bonds is 5. The van der Waals surface area contributed by atoms with Crippen molar-refractivity contribution in [2.75, 3.05) is 20.2 Å². The summed E-state index contributed by atoms with van der Waals surface area (Å²) in [6, 6.07) is -0.120. The first kappa shape index (κ1) is 13.2. The van der Waals surface area contributed by atoms with E-state index in [1.54, 1.807) is 11.9 Å². The molecule has 0 atom stereocenters. The number of nitrogens with zero attached hydrogens (tertiary/aromatic N) is 1. The second-order valence-corrected chi connectivity index (χ2v) is 3.59. The van der Waals surface area contributed by atoms with Gasteiger partial charge in [-0.05, 0) is 19.8 Å². The van der Waals surface area contributed by atoms with Gasteiger partial charge in [0.2, 0.25) is 0 Å². The predicted molar refractivity (Wildman–Crippen MR) is 57.2 cm³/mol. The number of nitrogens with one attached hydrogen (secondary N) is 1. The molecule has 0 saturated carbocycles. The van der Waals surface area contributed by atoms with Gasteiger partial charge in [-0.25, -0.2) is 4.79 Å². The van der Waals surface area contributed by atoms with Crippen molar-refractivity contribution >= 4 is 6.03 Å². The third-order valence-corrected chi connectivity index (χ3v) is 2.85. The number of carbonyl (C=O) groups is 1. The van der Waals surface area contributed by atoms with Gasteiger partial charge in [-0.1, -0.05) is 13.8 Å². The molecule has 0 heterocycles. The first-order valence-corrected chi connectivity index (χ1v) is 5.19. The normalized spacial score (nSPS) is 11.2. The highest BCUT2D eigenvalue weighted by molar-refractivity contribution is 5.74. The zero-order chi connectivity index (χ0) is 11.2. The summed E-state index contributed by atoms with van der Waals surface area (Å²) < 4.78 is 0. The SMILES string of the molecule is CCN(C)C(=O)NC(CC)(CC)CO. The fourth-order valence-corrected chi connectivity index (χ4v) is 1.16. The smallest absolute Gasteiger partial charge is 0.317 e. The molecule has 0 aliphatic carbocycles. The van der Waals surface area contributed by atoms with Crippen molar-refractivity contribution in [1.29, 1.82) is 0 Å². The third kappa shape index (κ3) is 3.18. The van der Waals surface area contributed by atoms with E-state index in [1.807, 2.05) is 20.8 Å². The van der Waals surface area contributed by atoms with Crippen LogP contribution in [0.4, 0.5) is 4.79 Å². The first-order chi connectivity index (χ1) is 6.55. The van der Waals surface area contributed by atoms with Crippen LogP contribution in [0.5, 0.6) is 0 Å². The zero-order valence-electron chi connectivity index (χ0n) is 9.63. The van der Waals surface area contributed by atoms with Crippen LogP contribution in [-0.4, -0.2) is 41.8 Å². The highest BCUT2D eigenvalue weighted by Crippen LogP contribution is 2.14. The van der Waals surface area contributed by atoms with Crippen molar-refractivity contribution in [2.45, 2.75) is 39.2 Å². The number of hydrogen-bond donors (Lipinski definition) is 2. The molecule has 0 spiro atoms. The van der Waals surface area contributed by atoms with Crippen LogP contribution in [0.25, 0.3) is 0 Å². The number of aliphatic hydroxyl groups is 1. The van der Waals surface area contributed by atoms with E-state index in [9.17, 15) is 9.90 Å². The van der Waals surface area contributed by atoms with Crippen molar-refractivity contribution in [3.05, 3.63) is 0 Å². The maximum atomic E-state index is 11.6. The molecule has 4 heteroatoms. The number of hydrogen-bond acceptors (Lipinski definition) is 2. The fraction of sp³-hybridized carbons (Fsp3) is 0.900. The summed E-state index contributed by atoms with van der Waals surface area (Å²) in [5.74, 6) is 0. The van der Waals surface area contributed by atoms with Crippen molar-refractivity contribution in [2.24, 2.45) is 0 Å². The fourth-order valence-electron chi connectivity index (χ4n) is 1.16. The lowest BCUT2D eigenvalue weighted by Gasteiger charge is -2.32. The van der Waals surface area contributed by atoms with Crippen LogP contribution >= 0.6 is 0 Å². The molecule has 0 bridgehead atoms. The van der Waals surface area contributed by atoms with Crippen LogP contribution in [0.3, 0.4) is 0 Å². The maximum Gasteiger partial charge on any atom is 0.317 e. The van der Waals surface area contributed by atoms with Gasteiger partial charge in [0, 0.05) is 13.6 Å². The molecule has 4 nitrogen and oxygen atoms in total. The maximum absolute atomic E-state index is 11.6. The molecule has 0 aromatic rings. The van der Waals surface area contributed by atoms with E-state index < -0.39 is 5.54 Å². The van der Waals surface area contributed by atoms with E-state index in [0.29, 0.717) is 6.54 Å². The lowest BCUT2D eigenvalue weighted by atomic mass is 9.94. The molecule has 0 saturated heterocycles. The van der Waals surface area contributed by atoms with Crippen LogP contribution in [0.15, 0.2) is 0 Å². The Kier molecular flexibility index (Phi) is 5.53. The Morgan fingerprint density at radius 2 is 1.86 bits per heavy atom. The Hall–Kier alpha value is -0.770. The van der Waals surface area contributed by atoms with Gasteiger partial charge in [0.25, 0.3) is 0 Å².